The fourth-order valence-corrected chi connectivity index (χ4v) is 3.89. The molecule has 0 radical (unpaired) electrons. The number of fused-ring (bicyclic) bond motifs is 1. The van der Waals surface area contributed by atoms with Crippen molar-refractivity contribution in [3.05, 3.63) is 41.0 Å². The third-order valence-corrected chi connectivity index (χ3v) is 5.33. The predicted molar refractivity (Wildman–Crippen MR) is 106 cm³/mol. The van der Waals surface area contributed by atoms with Crippen LogP contribution in [0.4, 0.5) is 5.82 Å². The molecule has 0 aliphatic carbocycles. The Morgan fingerprint density at radius 3 is 2.85 bits per heavy atom. The summed E-state index contributed by atoms with van der Waals surface area (Å²) in [6.45, 7) is 6.44. The summed E-state index contributed by atoms with van der Waals surface area (Å²) < 4.78 is 11.5. The first-order valence-electron chi connectivity index (χ1n) is 9.62. The average Bonchev–Trinajstić information content (AvgIpc) is 3.08. The van der Waals surface area contributed by atoms with Crippen LogP contribution in [0.1, 0.15) is 18.4 Å². The number of ether oxygens (including phenoxy) is 2. The molecular formula is C20H25ClN4O2. The lowest BCUT2D eigenvalue weighted by molar-refractivity contribution is 0.295. The topological polar surface area (TPSA) is 50.7 Å². The number of nitrogens with zero attached hydrogens (tertiary/aromatic N) is 4. The van der Waals surface area contributed by atoms with Crippen molar-refractivity contribution in [3.63, 3.8) is 0 Å². The molecule has 0 unspecified atom stereocenters. The van der Waals surface area contributed by atoms with Gasteiger partial charge in [0.1, 0.15) is 0 Å². The molecule has 0 N–H and O–H groups in total. The largest absolute Gasteiger partial charge is 0.489 e. The van der Waals surface area contributed by atoms with E-state index in [2.05, 4.69) is 26.1 Å². The minimum atomic E-state index is 0.647. The molecular weight excluding hydrogens is 364 g/mol. The third kappa shape index (κ3) is 4.62. The Hall–Kier alpha value is -2.05. The predicted octanol–water partition coefficient (Wildman–Crippen LogP) is 3.05. The molecule has 4 rings (SSSR count). The molecule has 0 amide bonds. The van der Waals surface area contributed by atoms with Crippen molar-refractivity contribution in [2.24, 2.45) is 0 Å². The zero-order valence-corrected chi connectivity index (χ0v) is 16.2. The minimum Gasteiger partial charge on any atom is -0.489 e. The van der Waals surface area contributed by atoms with E-state index in [1.54, 1.807) is 6.20 Å². The van der Waals surface area contributed by atoms with Crippen LogP contribution in [0.2, 0.25) is 5.02 Å². The number of rotatable bonds is 4. The van der Waals surface area contributed by atoms with Gasteiger partial charge in [0.2, 0.25) is 0 Å². The Bertz CT molecular complexity index is 759. The maximum atomic E-state index is 6.42. The SMILES string of the molecule is Clc1cc(CCN2CCCN(c3cccnn3)CC2)cc2c1OCCCO2. The molecule has 1 fully saturated rings. The first-order chi connectivity index (χ1) is 13.3. The monoisotopic (exact) mass is 388 g/mol. The summed E-state index contributed by atoms with van der Waals surface area (Å²) >= 11 is 6.42. The van der Waals surface area contributed by atoms with Crippen LogP contribution in [0.5, 0.6) is 11.5 Å². The van der Waals surface area contributed by atoms with Crippen molar-refractivity contribution in [2.75, 3.05) is 50.8 Å². The second kappa shape index (κ2) is 8.76. The van der Waals surface area contributed by atoms with Crippen LogP contribution in [0.3, 0.4) is 0 Å². The molecule has 0 spiro atoms. The summed E-state index contributed by atoms with van der Waals surface area (Å²) in [5.41, 5.74) is 1.19. The smallest absolute Gasteiger partial charge is 0.179 e. The van der Waals surface area contributed by atoms with Crippen LogP contribution < -0.4 is 14.4 Å². The quantitative estimate of drug-likeness (QED) is 0.802. The highest BCUT2D eigenvalue weighted by atomic mass is 35.5. The molecule has 1 saturated heterocycles. The molecule has 1 aromatic carbocycles. The van der Waals surface area contributed by atoms with Crippen LogP contribution in [0, 0.1) is 0 Å². The van der Waals surface area contributed by atoms with Gasteiger partial charge in [0, 0.05) is 38.8 Å². The Labute approximate surface area is 165 Å². The zero-order valence-electron chi connectivity index (χ0n) is 15.4. The summed E-state index contributed by atoms with van der Waals surface area (Å²) in [7, 11) is 0. The molecule has 2 aliphatic rings. The van der Waals surface area contributed by atoms with Gasteiger partial charge in [-0.3, -0.25) is 0 Å². The fraction of sp³-hybridized carbons (Fsp3) is 0.500. The molecule has 2 aliphatic heterocycles. The van der Waals surface area contributed by atoms with E-state index in [0.29, 0.717) is 24.0 Å². The lowest BCUT2D eigenvalue weighted by Gasteiger charge is -2.22. The molecule has 0 saturated carbocycles. The van der Waals surface area contributed by atoms with Crippen molar-refractivity contribution in [1.29, 1.82) is 0 Å². The first-order valence-corrected chi connectivity index (χ1v) is 10.0. The van der Waals surface area contributed by atoms with Gasteiger partial charge in [-0.15, -0.1) is 5.10 Å². The third-order valence-electron chi connectivity index (χ3n) is 5.05. The number of aromatic nitrogens is 2. The molecule has 7 heteroatoms. The second-order valence-corrected chi connectivity index (χ2v) is 7.38. The Balaban J connectivity index is 1.35. The molecule has 1 aromatic heterocycles. The zero-order chi connectivity index (χ0) is 18.5. The maximum Gasteiger partial charge on any atom is 0.179 e. The van der Waals surface area contributed by atoms with Gasteiger partial charge in [0.25, 0.3) is 0 Å². The molecule has 0 atom stereocenters. The Kier molecular flexibility index (Phi) is 5.94. The van der Waals surface area contributed by atoms with Gasteiger partial charge >= 0.3 is 0 Å². The van der Waals surface area contributed by atoms with E-state index in [0.717, 1.165) is 63.6 Å². The van der Waals surface area contributed by atoms with Gasteiger partial charge in [-0.25, -0.2) is 0 Å². The molecule has 2 aromatic rings. The Morgan fingerprint density at radius 2 is 1.96 bits per heavy atom. The van der Waals surface area contributed by atoms with Gasteiger partial charge in [-0.2, -0.15) is 5.10 Å². The van der Waals surface area contributed by atoms with Gasteiger partial charge in [-0.1, -0.05) is 11.6 Å². The minimum absolute atomic E-state index is 0.647. The van der Waals surface area contributed by atoms with Gasteiger partial charge in [-0.05, 0) is 49.2 Å². The van der Waals surface area contributed by atoms with Crippen LogP contribution in [0.25, 0.3) is 0 Å². The van der Waals surface area contributed by atoms with Crippen molar-refractivity contribution in [3.8, 4) is 11.5 Å². The van der Waals surface area contributed by atoms with E-state index in [9.17, 15) is 0 Å². The number of anilines is 1. The highest BCUT2D eigenvalue weighted by Crippen LogP contribution is 2.38. The van der Waals surface area contributed by atoms with Crippen LogP contribution in [0.15, 0.2) is 30.5 Å². The summed E-state index contributed by atoms with van der Waals surface area (Å²) in [6.07, 6.45) is 4.67. The number of halogens is 1. The summed E-state index contributed by atoms with van der Waals surface area (Å²) in [5, 5.41) is 8.88. The van der Waals surface area contributed by atoms with Gasteiger partial charge in [0.15, 0.2) is 17.3 Å². The van der Waals surface area contributed by atoms with Crippen molar-refractivity contribution in [2.45, 2.75) is 19.3 Å². The lowest BCUT2D eigenvalue weighted by atomic mass is 10.1. The molecule has 0 bridgehead atoms. The van der Waals surface area contributed by atoms with E-state index >= 15 is 0 Å². The van der Waals surface area contributed by atoms with Crippen LogP contribution >= 0.6 is 11.6 Å². The van der Waals surface area contributed by atoms with E-state index in [1.807, 2.05) is 18.2 Å². The normalized spacial score (nSPS) is 18.0. The second-order valence-electron chi connectivity index (χ2n) is 6.97. The van der Waals surface area contributed by atoms with Crippen molar-refractivity contribution < 1.29 is 9.47 Å². The fourth-order valence-electron chi connectivity index (χ4n) is 3.60. The summed E-state index contributed by atoms with van der Waals surface area (Å²) in [6, 6.07) is 8.07. The van der Waals surface area contributed by atoms with E-state index in [-0.39, 0.29) is 0 Å². The van der Waals surface area contributed by atoms with Crippen molar-refractivity contribution in [1.82, 2.24) is 15.1 Å². The van der Waals surface area contributed by atoms with Gasteiger partial charge in [0.05, 0.1) is 18.2 Å². The van der Waals surface area contributed by atoms with E-state index < -0.39 is 0 Å². The average molecular weight is 389 g/mol. The van der Waals surface area contributed by atoms with Crippen LogP contribution in [-0.2, 0) is 6.42 Å². The number of hydrogen-bond donors (Lipinski definition) is 0. The molecule has 27 heavy (non-hydrogen) atoms. The summed E-state index contributed by atoms with van der Waals surface area (Å²) in [4.78, 5) is 4.82. The number of hydrogen-bond acceptors (Lipinski definition) is 6. The summed E-state index contributed by atoms with van der Waals surface area (Å²) in [5.74, 6) is 2.43. The Morgan fingerprint density at radius 1 is 1.04 bits per heavy atom. The standard InChI is InChI=1S/C20H25ClN4O2/c21-17-14-16(15-18-20(17)27-13-3-12-26-18)5-9-24-7-2-8-25(11-10-24)19-4-1-6-22-23-19/h1,4,6,14-15H,2-3,5,7-13H2. The molecule has 144 valence electrons. The highest BCUT2D eigenvalue weighted by Gasteiger charge is 2.18. The molecule has 3 heterocycles. The first kappa shape index (κ1) is 18.3. The van der Waals surface area contributed by atoms with E-state index in [4.69, 9.17) is 21.1 Å². The van der Waals surface area contributed by atoms with E-state index in [1.165, 1.54) is 5.56 Å². The molecule has 6 nitrogen and oxygen atoms in total. The van der Waals surface area contributed by atoms with Gasteiger partial charge < -0.3 is 19.3 Å². The highest BCUT2D eigenvalue weighted by molar-refractivity contribution is 6.32. The van der Waals surface area contributed by atoms with Crippen LogP contribution in [-0.4, -0.2) is 61.0 Å². The number of benzene rings is 1. The van der Waals surface area contributed by atoms with Crippen molar-refractivity contribution >= 4 is 17.4 Å². The maximum absolute atomic E-state index is 6.42. The lowest BCUT2D eigenvalue weighted by Crippen LogP contribution is -2.32.